The predicted molar refractivity (Wildman–Crippen MR) is 125 cm³/mol. The molecule has 1 fully saturated rings. The number of carbonyl (C=O) groups excluding carboxylic acids is 1. The number of fused-ring (bicyclic) bond motifs is 4. The average Bonchev–Trinajstić information content (AvgIpc) is 3.35. The molecule has 3 aromatic rings. The van der Waals surface area contributed by atoms with Gasteiger partial charge in [-0.1, -0.05) is 26.0 Å². The molecule has 5 rings (SSSR count). The Bertz CT molecular complexity index is 1160. The maximum absolute atomic E-state index is 13.2. The molecule has 2 aromatic carbocycles. The molecular formula is C27H30N2O3. The van der Waals surface area contributed by atoms with E-state index in [4.69, 9.17) is 9.47 Å². The van der Waals surface area contributed by atoms with Crippen LogP contribution in [0.5, 0.6) is 11.5 Å². The summed E-state index contributed by atoms with van der Waals surface area (Å²) in [4.78, 5) is 15.2. The van der Waals surface area contributed by atoms with Crippen molar-refractivity contribution in [1.82, 2.24) is 9.47 Å². The molecule has 32 heavy (non-hydrogen) atoms. The minimum absolute atomic E-state index is 0.0562. The molecule has 0 N–H and O–H groups in total. The van der Waals surface area contributed by atoms with Gasteiger partial charge in [-0.15, -0.1) is 0 Å². The standard InChI is InChI=1S/C27H30N2O3/c1-4-19-8-11-22-24(17-19)32-27(25-7-6-14-29(22)25)12-15-28(16-13-27)26(30)21-10-9-20(5-2)23(18-21)31-3/h6-11,14,17-18H,4-5,12-13,15-16H2,1-3H3. The van der Waals surface area contributed by atoms with E-state index < -0.39 is 5.60 Å². The van der Waals surface area contributed by atoms with Crippen molar-refractivity contribution < 1.29 is 14.3 Å². The Morgan fingerprint density at radius 2 is 1.88 bits per heavy atom. The highest BCUT2D eigenvalue weighted by Crippen LogP contribution is 2.45. The summed E-state index contributed by atoms with van der Waals surface area (Å²) in [5.74, 6) is 1.77. The van der Waals surface area contributed by atoms with Crippen molar-refractivity contribution in [3.63, 3.8) is 0 Å². The summed E-state index contributed by atoms with van der Waals surface area (Å²) >= 11 is 0. The summed E-state index contributed by atoms with van der Waals surface area (Å²) < 4.78 is 14.5. The molecule has 0 aliphatic carbocycles. The van der Waals surface area contributed by atoms with Crippen LogP contribution >= 0.6 is 0 Å². The number of rotatable bonds is 4. The fraction of sp³-hybridized carbons (Fsp3) is 0.370. The van der Waals surface area contributed by atoms with Crippen molar-refractivity contribution in [2.75, 3.05) is 20.2 Å². The van der Waals surface area contributed by atoms with E-state index >= 15 is 0 Å². The van der Waals surface area contributed by atoms with Gasteiger partial charge in [-0.05, 0) is 60.4 Å². The van der Waals surface area contributed by atoms with Crippen molar-refractivity contribution in [1.29, 1.82) is 0 Å². The molecule has 0 radical (unpaired) electrons. The Morgan fingerprint density at radius 1 is 1.06 bits per heavy atom. The number of benzene rings is 2. The summed E-state index contributed by atoms with van der Waals surface area (Å²) in [6.07, 6.45) is 5.50. The smallest absolute Gasteiger partial charge is 0.253 e. The number of methoxy groups -OCH3 is 1. The van der Waals surface area contributed by atoms with Gasteiger partial charge in [0.05, 0.1) is 18.5 Å². The molecule has 0 saturated carbocycles. The van der Waals surface area contributed by atoms with E-state index in [2.05, 4.69) is 54.9 Å². The zero-order valence-corrected chi connectivity index (χ0v) is 19.1. The first-order valence-electron chi connectivity index (χ1n) is 11.5. The van der Waals surface area contributed by atoms with Crippen molar-refractivity contribution in [2.45, 2.75) is 45.1 Å². The zero-order valence-electron chi connectivity index (χ0n) is 19.1. The first kappa shape index (κ1) is 20.7. The fourth-order valence-corrected chi connectivity index (χ4v) is 5.07. The molecule has 3 heterocycles. The largest absolute Gasteiger partial charge is 0.496 e. The number of amides is 1. The summed E-state index contributed by atoms with van der Waals surface area (Å²) in [5, 5.41) is 0. The highest BCUT2D eigenvalue weighted by Gasteiger charge is 2.44. The molecule has 2 aliphatic rings. The van der Waals surface area contributed by atoms with Crippen molar-refractivity contribution in [3.05, 3.63) is 77.1 Å². The van der Waals surface area contributed by atoms with Crippen LogP contribution in [0, 0.1) is 0 Å². The second-order valence-electron chi connectivity index (χ2n) is 8.69. The van der Waals surface area contributed by atoms with E-state index in [1.54, 1.807) is 7.11 Å². The van der Waals surface area contributed by atoms with Gasteiger partial charge in [0, 0.05) is 37.7 Å². The lowest BCUT2D eigenvalue weighted by molar-refractivity contribution is -0.00936. The molecule has 1 saturated heterocycles. The summed E-state index contributed by atoms with van der Waals surface area (Å²) in [6, 6.07) is 16.5. The number of aryl methyl sites for hydroxylation is 2. The number of carbonyl (C=O) groups is 1. The normalized spacial score (nSPS) is 16.3. The minimum Gasteiger partial charge on any atom is -0.496 e. The molecule has 5 heteroatoms. The van der Waals surface area contributed by atoms with E-state index in [9.17, 15) is 4.79 Å². The lowest BCUT2D eigenvalue weighted by Crippen LogP contribution is -2.50. The van der Waals surface area contributed by atoms with Gasteiger partial charge in [0.1, 0.15) is 11.5 Å². The number of aromatic nitrogens is 1. The molecular weight excluding hydrogens is 400 g/mol. The monoisotopic (exact) mass is 430 g/mol. The highest BCUT2D eigenvalue weighted by molar-refractivity contribution is 5.94. The van der Waals surface area contributed by atoms with E-state index in [1.807, 2.05) is 23.1 Å². The summed E-state index contributed by atoms with van der Waals surface area (Å²) in [6.45, 7) is 5.56. The predicted octanol–water partition coefficient (Wildman–Crippen LogP) is 5.13. The molecule has 2 aliphatic heterocycles. The second-order valence-corrected chi connectivity index (χ2v) is 8.69. The summed E-state index contributed by atoms with van der Waals surface area (Å²) in [5.41, 5.74) is 4.93. The quantitative estimate of drug-likeness (QED) is 0.576. The second kappa shape index (κ2) is 8.05. The molecule has 0 bridgehead atoms. The van der Waals surface area contributed by atoms with Gasteiger partial charge < -0.3 is 18.9 Å². The van der Waals surface area contributed by atoms with Crippen molar-refractivity contribution in [2.24, 2.45) is 0 Å². The molecule has 0 unspecified atom stereocenters. The Labute approximate surface area is 189 Å². The van der Waals surface area contributed by atoms with E-state index in [-0.39, 0.29) is 5.91 Å². The summed E-state index contributed by atoms with van der Waals surface area (Å²) in [7, 11) is 1.66. The minimum atomic E-state index is -0.399. The van der Waals surface area contributed by atoms with Crippen LogP contribution in [0.3, 0.4) is 0 Å². The zero-order chi connectivity index (χ0) is 22.3. The SMILES string of the molecule is CCc1ccc2c(c1)OC1(CCN(C(=O)c3ccc(CC)c(OC)c3)CC1)c1cccn1-2. The van der Waals surface area contributed by atoms with Crippen LogP contribution in [0.1, 0.15) is 53.9 Å². The Hall–Kier alpha value is -3.21. The van der Waals surface area contributed by atoms with Gasteiger partial charge in [0.2, 0.25) is 0 Å². The number of hydrogen-bond acceptors (Lipinski definition) is 3. The third-order valence-electron chi connectivity index (χ3n) is 6.99. The van der Waals surface area contributed by atoms with Gasteiger partial charge in [-0.3, -0.25) is 4.79 Å². The number of hydrogen-bond donors (Lipinski definition) is 0. The fourth-order valence-electron chi connectivity index (χ4n) is 5.07. The van der Waals surface area contributed by atoms with Crippen LogP contribution in [0.4, 0.5) is 0 Å². The molecule has 5 nitrogen and oxygen atoms in total. The maximum atomic E-state index is 13.2. The van der Waals surface area contributed by atoms with Crippen LogP contribution < -0.4 is 9.47 Å². The van der Waals surface area contributed by atoms with Crippen LogP contribution in [-0.2, 0) is 18.4 Å². The molecule has 1 aromatic heterocycles. The third kappa shape index (κ3) is 3.27. The molecule has 1 spiro atoms. The van der Waals surface area contributed by atoms with E-state index in [1.165, 1.54) is 11.3 Å². The average molecular weight is 431 g/mol. The number of piperidine rings is 1. The molecule has 0 atom stereocenters. The Morgan fingerprint density at radius 3 is 2.59 bits per heavy atom. The van der Waals surface area contributed by atoms with Gasteiger partial charge in [0.15, 0.2) is 5.60 Å². The van der Waals surface area contributed by atoms with Crippen LogP contribution in [0.2, 0.25) is 0 Å². The van der Waals surface area contributed by atoms with Crippen molar-refractivity contribution >= 4 is 5.91 Å². The number of likely N-dealkylation sites (tertiary alicyclic amines) is 1. The number of ether oxygens (including phenoxy) is 2. The van der Waals surface area contributed by atoms with Crippen molar-refractivity contribution in [3.8, 4) is 17.2 Å². The molecule has 166 valence electrons. The van der Waals surface area contributed by atoms with Gasteiger partial charge >= 0.3 is 0 Å². The van der Waals surface area contributed by atoms with Crippen LogP contribution in [0.25, 0.3) is 5.69 Å². The lowest BCUT2D eigenvalue weighted by Gasteiger charge is -2.45. The number of nitrogens with zero attached hydrogens (tertiary/aromatic N) is 2. The highest BCUT2D eigenvalue weighted by atomic mass is 16.5. The van der Waals surface area contributed by atoms with E-state index in [0.29, 0.717) is 18.7 Å². The Balaban J connectivity index is 1.39. The first-order valence-corrected chi connectivity index (χ1v) is 11.5. The van der Waals surface area contributed by atoms with Gasteiger partial charge in [-0.25, -0.2) is 0 Å². The van der Waals surface area contributed by atoms with Crippen LogP contribution in [0.15, 0.2) is 54.7 Å². The topological polar surface area (TPSA) is 43.7 Å². The first-order chi connectivity index (χ1) is 15.6. The lowest BCUT2D eigenvalue weighted by atomic mass is 9.86. The molecule has 1 amide bonds. The van der Waals surface area contributed by atoms with E-state index in [0.717, 1.165) is 48.4 Å². The van der Waals surface area contributed by atoms with Gasteiger partial charge in [0.25, 0.3) is 5.91 Å². The van der Waals surface area contributed by atoms with Gasteiger partial charge in [-0.2, -0.15) is 0 Å². The third-order valence-corrected chi connectivity index (χ3v) is 6.99. The maximum Gasteiger partial charge on any atom is 0.253 e. The van der Waals surface area contributed by atoms with Crippen LogP contribution in [-0.4, -0.2) is 35.6 Å². The Kier molecular flexibility index (Phi) is 5.20.